The summed E-state index contributed by atoms with van der Waals surface area (Å²) in [6.07, 6.45) is 3.95. The molecule has 0 bridgehead atoms. The molecule has 0 spiro atoms. The fourth-order valence-electron chi connectivity index (χ4n) is 2.57. The van der Waals surface area contributed by atoms with Crippen molar-refractivity contribution < 1.29 is 4.74 Å². The molecule has 1 fully saturated rings. The molecule has 1 unspecified atom stereocenters. The Bertz CT molecular complexity index is 581. The monoisotopic (exact) mass is 307 g/mol. The number of morpholine rings is 1. The van der Waals surface area contributed by atoms with Crippen LogP contribution in [0.3, 0.4) is 0 Å². The molecule has 2 aromatic heterocycles. The summed E-state index contributed by atoms with van der Waals surface area (Å²) in [5.74, 6) is 0.893. The number of aromatic nitrogens is 4. The molecule has 1 aliphatic rings. The summed E-state index contributed by atoms with van der Waals surface area (Å²) in [6, 6.07) is 0. The second kappa shape index (κ2) is 6.64. The van der Waals surface area contributed by atoms with E-state index in [0.29, 0.717) is 0 Å². The van der Waals surface area contributed by atoms with Crippen molar-refractivity contribution in [2.45, 2.75) is 32.4 Å². The van der Waals surface area contributed by atoms with Crippen molar-refractivity contribution >= 4 is 11.3 Å². The van der Waals surface area contributed by atoms with Crippen LogP contribution in [-0.4, -0.2) is 44.3 Å². The van der Waals surface area contributed by atoms with E-state index in [1.807, 2.05) is 11.6 Å². The van der Waals surface area contributed by atoms with E-state index >= 15 is 0 Å². The van der Waals surface area contributed by atoms with Gasteiger partial charge in [0, 0.05) is 32.1 Å². The van der Waals surface area contributed by atoms with Gasteiger partial charge < -0.3 is 9.30 Å². The van der Waals surface area contributed by atoms with Crippen LogP contribution < -0.4 is 0 Å². The van der Waals surface area contributed by atoms with Crippen LogP contribution in [0.15, 0.2) is 11.7 Å². The molecule has 3 heterocycles. The number of thiazole rings is 1. The van der Waals surface area contributed by atoms with Crippen LogP contribution in [0.4, 0.5) is 0 Å². The fraction of sp³-hybridized carbons (Fsp3) is 0.643. The Labute approximate surface area is 128 Å². The van der Waals surface area contributed by atoms with Gasteiger partial charge in [-0.1, -0.05) is 6.92 Å². The molecule has 0 saturated carbocycles. The molecule has 0 radical (unpaired) electrons. The smallest absolute Gasteiger partial charge is 0.163 e. The molecule has 6 nitrogen and oxygen atoms in total. The topological polar surface area (TPSA) is 56.1 Å². The van der Waals surface area contributed by atoms with Crippen molar-refractivity contribution in [2.24, 2.45) is 7.05 Å². The van der Waals surface area contributed by atoms with Crippen molar-refractivity contribution in [1.29, 1.82) is 0 Å². The maximum absolute atomic E-state index is 5.83. The Hall–Kier alpha value is -1.31. The Morgan fingerprint density at radius 1 is 1.48 bits per heavy atom. The maximum Gasteiger partial charge on any atom is 0.163 e. The second-order valence-corrected chi connectivity index (χ2v) is 6.32. The molecule has 114 valence electrons. The molecule has 1 aliphatic heterocycles. The minimum absolute atomic E-state index is 0.00000192. The Morgan fingerprint density at radius 3 is 3.14 bits per heavy atom. The van der Waals surface area contributed by atoms with E-state index in [0.717, 1.165) is 44.9 Å². The zero-order valence-corrected chi connectivity index (χ0v) is 13.3. The molecule has 3 rings (SSSR count). The lowest BCUT2D eigenvalue weighted by Crippen LogP contribution is -2.38. The largest absolute Gasteiger partial charge is 0.368 e. The fourth-order valence-corrected chi connectivity index (χ4v) is 3.46. The van der Waals surface area contributed by atoms with Gasteiger partial charge in [-0.3, -0.25) is 4.90 Å². The van der Waals surface area contributed by atoms with Gasteiger partial charge in [-0.25, -0.2) is 4.98 Å². The lowest BCUT2D eigenvalue weighted by molar-refractivity contribution is -0.0388. The standard InChI is InChI=1S/C14H21N5OS/c1-3-4-13-16-11(9-21-13)7-19-5-6-20-12(8-19)14-17-15-10-18(14)2/h9-10,12H,3-8H2,1-2H3. The third-order valence-electron chi connectivity index (χ3n) is 3.63. The van der Waals surface area contributed by atoms with Gasteiger partial charge in [0.2, 0.25) is 0 Å². The molecule has 0 amide bonds. The molecule has 1 atom stereocenters. The molecule has 2 aromatic rings. The molecular weight excluding hydrogens is 286 g/mol. The van der Waals surface area contributed by atoms with Crippen molar-refractivity contribution in [1.82, 2.24) is 24.6 Å². The number of nitrogens with zero attached hydrogens (tertiary/aromatic N) is 5. The van der Waals surface area contributed by atoms with Crippen LogP contribution in [0.25, 0.3) is 0 Å². The SMILES string of the molecule is CCCc1nc(CN2CCOC(c3nncn3C)C2)cs1. The van der Waals surface area contributed by atoms with Crippen molar-refractivity contribution in [3.63, 3.8) is 0 Å². The maximum atomic E-state index is 5.83. The first-order valence-electron chi connectivity index (χ1n) is 7.37. The van der Waals surface area contributed by atoms with Gasteiger partial charge in [0.05, 0.1) is 17.3 Å². The van der Waals surface area contributed by atoms with E-state index in [1.165, 1.54) is 10.7 Å². The molecular formula is C14H21N5OS. The second-order valence-electron chi connectivity index (χ2n) is 5.38. The number of aryl methyl sites for hydroxylation is 2. The van der Waals surface area contributed by atoms with E-state index in [-0.39, 0.29) is 6.10 Å². The van der Waals surface area contributed by atoms with Gasteiger partial charge >= 0.3 is 0 Å². The molecule has 7 heteroatoms. The Balaban J connectivity index is 1.62. The number of hydrogen-bond acceptors (Lipinski definition) is 6. The molecule has 21 heavy (non-hydrogen) atoms. The van der Waals surface area contributed by atoms with Crippen LogP contribution in [0.5, 0.6) is 0 Å². The highest BCUT2D eigenvalue weighted by atomic mass is 32.1. The van der Waals surface area contributed by atoms with Gasteiger partial charge in [0.15, 0.2) is 5.82 Å². The van der Waals surface area contributed by atoms with Gasteiger partial charge in [-0.05, 0) is 12.8 Å². The predicted octanol–water partition coefficient (Wildman–Crippen LogP) is 1.80. The van der Waals surface area contributed by atoms with E-state index in [1.54, 1.807) is 17.7 Å². The first-order chi connectivity index (χ1) is 10.3. The van der Waals surface area contributed by atoms with Gasteiger partial charge in [0.25, 0.3) is 0 Å². The molecule has 0 aliphatic carbocycles. The normalized spacial score (nSPS) is 20.0. The van der Waals surface area contributed by atoms with Crippen molar-refractivity contribution in [2.75, 3.05) is 19.7 Å². The summed E-state index contributed by atoms with van der Waals surface area (Å²) in [5.41, 5.74) is 1.17. The van der Waals surface area contributed by atoms with Crippen LogP contribution >= 0.6 is 11.3 Å². The lowest BCUT2D eigenvalue weighted by atomic mass is 10.2. The predicted molar refractivity (Wildman–Crippen MR) is 81.1 cm³/mol. The number of rotatable bonds is 5. The van der Waals surface area contributed by atoms with Crippen LogP contribution in [0.2, 0.25) is 0 Å². The number of hydrogen-bond donors (Lipinski definition) is 0. The first kappa shape index (κ1) is 14.6. The first-order valence-corrected chi connectivity index (χ1v) is 8.25. The molecule has 0 aromatic carbocycles. The third-order valence-corrected chi connectivity index (χ3v) is 4.59. The quantitative estimate of drug-likeness (QED) is 0.843. The van der Waals surface area contributed by atoms with E-state index in [9.17, 15) is 0 Å². The van der Waals surface area contributed by atoms with Crippen LogP contribution in [0.1, 0.15) is 36.0 Å². The summed E-state index contributed by atoms with van der Waals surface area (Å²) in [6.45, 7) is 5.58. The third kappa shape index (κ3) is 3.48. The summed E-state index contributed by atoms with van der Waals surface area (Å²) in [4.78, 5) is 7.08. The average molecular weight is 307 g/mol. The highest BCUT2D eigenvalue weighted by molar-refractivity contribution is 7.09. The highest BCUT2D eigenvalue weighted by Crippen LogP contribution is 2.22. The average Bonchev–Trinajstić information content (AvgIpc) is 3.09. The molecule has 1 saturated heterocycles. The van der Waals surface area contributed by atoms with Crippen molar-refractivity contribution in [3.05, 3.63) is 28.2 Å². The minimum atomic E-state index is -0.00000192. The van der Waals surface area contributed by atoms with Crippen molar-refractivity contribution in [3.8, 4) is 0 Å². The Kier molecular flexibility index (Phi) is 4.62. The highest BCUT2D eigenvalue weighted by Gasteiger charge is 2.25. The zero-order valence-electron chi connectivity index (χ0n) is 12.5. The number of ether oxygens (including phenoxy) is 1. The Morgan fingerprint density at radius 2 is 2.38 bits per heavy atom. The summed E-state index contributed by atoms with van der Waals surface area (Å²) in [5, 5.41) is 11.5. The summed E-state index contributed by atoms with van der Waals surface area (Å²) < 4.78 is 7.76. The minimum Gasteiger partial charge on any atom is -0.368 e. The van der Waals surface area contributed by atoms with E-state index < -0.39 is 0 Å². The molecule has 0 N–H and O–H groups in total. The van der Waals surface area contributed by atoms with E-state index in [4.69, 9.17) is 9.72 Å². The zero-order chi connectivity index (χ0) is 14.7. The lowest BCUT2D eigenvalue weighted by Gasteiger charge is -2.31. The van der Waals surface area contributed by atoms with Crippen LogP contribution in [-0.2, 0) is 24.8 Å². The van der Waals surface area contributed by atoms with Crippen LogP contribution in [0, 0.1) is 0 Å². The van der Waals surface area contributed by atoms with E-state index in [2.05, 4.69) is 27.4 Å². The summed E-state index contributed by atoms with van der Waals surface area (Å²) >= 11 is 1.77. The van der Waals surface area contributed by atoms with Gasteiger partial charge in [0.1, 0.15) is 12.4 Å². The van der Waals surface area contributed by atoms with Gasteiger partial charge in [-0.2, -0.15) is 0 Å². The van der Waals surface area contributed by atoms with Gasteiger partial charge in [-0.15, -0.1) is 21.5 Å². The summed E-state index contributed by atoms with van der Waals surface area (Å²) in [7, 11) is 1.95.